The molecule has 0 saturated carbocycles. The van der Waals surface area contributed by atoms with Gasteiger partial charge in [-0.15, -0.1) is 5.10 Å². The van der Waals surface area contributed by atoms with Gasteiger partial charge in [-0.2, -0.15) is 4.98 Å². The van der Waals surface area contributed by atoms with E-state index in [4.69, 9.17) is 9.47 Å². The first-order chi connectivity index (χ1) is 16.4. The fourth-order valence-electron chi connectivity index (χ4n) is 3.23. The molecule has 0 radical (unpaired) electrons. The van der Waals surface area contributed by atoms with Crippen LogP contribution in [-0.2, 0) is 0 Å². The van der Waals surface area contributed by atoms with Crippen LogP contribution < -0.4 is 20.1 Å². The third-order valence-corrected chi connectivity index (χ3v) is 4.71. The van der Waals surface area contributed by atoms with Crippen molar-refractivity contribution in [1.82, 2.24) is 14.8 Å². The topological polar surface area (TPSA) is 90.3 Å². The minimum Gasteiger partial charge on any atom is -0.497 e. The van der Waals surface area contributed by atoms with Gasteiger partial charge in [-0.05, 0) is 68.4 Å². The Morgan fingerprint density at radius 2 is 1.71 bits per heavy atom. The molecule has 1 heterocycles. The van der Waals surface area contributed by atoms with Crippen LogP contribution in [0, 0.1) is 5.82 Å². The summed E-state index contributed by atoms with van der Waals surface area (Å²) in [6, 6.07) is 19.9. The molecule has 4 rings (SSSR count). The SMILES string of the molecule is COc1ccc(NC(=O)Nc2cccc(-n3nc(OC(C)C)nc3-c3cccc(F)c3)c2)cc1. The number of rotatable bonds is 7. The number of hydrogen-bond donors (Lipinski definition) is 2. The maximum absolute atomic E-state index is 13.9. The number of carbonyl (C=O) groups is 1. The van der Waals surface area contributed by atoms with E-state index in [0.29, 0.717) is 34.2 Å². The molecule has 0 fully saturated rings. The van der Waals surface area contributed by atoms with Crippen LogP contribution in [0.5, 0.6) is 11.8 Å². The van der Waals surface area contributed by atoms with Gasteiger partial charge in [0.1, 0.15) is 11.6 Å². The van der Waals surface area contributed by atoms with Gasteiger partial charge in [0.25, 0.3) is 0 Å². The van der Waals surface area contributed by atoms with Crippen LogP contribution >= 0.6 is 0 Å². The molecule has 3 aromatic carbocycles. The van der Waals surface area contributed by atoms with Crippen LogP contribution in [-0.4, -0.2) is 34.0 Å². The van der Waals surface area contributed by atoms with Crippen LogP contribution in [0.1, 0.15) is 13.8 Å². The Morgan fingerprint density at radius 3 is 2.41 bits per heavy atom. The highest BCUT2D eigenvalue weighted by molar-refractivity contribution is 5.99. The van der Waals surface area contributed by atoms with Gasteiger partial charge in [0.05, 0.1) is 18.9 Å². The number of halogens is 1. The molecule has 0 atom stereocenters. The lowest BCUT2D eigenvalue weighted by Gasteiger charge is -2.11. The van der Waals surface area contributed by atoms with Crippen molar-refractivity contribution in [3.8, 4) is 28.8 Å². The molecule has 1 aromatic heterocycles. The van der Waals surface area contributed by atoms with Crippen LogP contribution in [0.3, 0.4) is 0 Å². The normalized spacial score (nSPS) is 10.7. The maximum atomic E-state index is 13.9. The van der Waals surface area contributed by atoms with Crippen LogP contribution in [0.15, 0.2) is 72.8 Å². The Morgan fingerprint density at radius 1 is 0.971 bits per heavy atom. The number of carbonyl (C=O) groups excluding carboxylic acids is 1. The molecule has 2 amide bonds. The second-order valence-corrected chi connectivity index (χ2v) is 7.66. The Bertz CT molecular complexity index is 1290. The summed E-state index contributed by atoms with van der Waals surface area (Å²) in [5.74, 6) is 0.723. The maximum Gasteiger partial charge on any atom is 0.336 e. The minimum absolute atomic E-state index is 0.133. The van der Waals surface area contributed by atoms with Crippen molar-refractivity contribution < 1.29 is 18.7 Å². The number of urea groups is 1. The lowest BCUT2D eigenvalue weighted by molar-refractivity contribution is 0.222. The molecular weight excluding hydrogens is 437 g/mol. The summed E-state index contributed by atoms with van der Waals surface area (Å²) in [5, 5.41) is 10.0. The summed E-state index contributed by atoms with van der Waals surface area (Å²) in [4.78, 5) is 16.9. The highest BCUT2D eigenvalue weighted by atomic mass is 19.1. The zero-order chi connectivity index (χ0) is 24.1. The molecule has 0 aliphatic carbocycles. The number of ether oxygens (including phenoxy) is 2. The Kier molecular flexibility index (Phi) is 6.72. The highest BCUT2D eigenvalue weighted by Gasteiger charge is 2.17. The molecule has 34 heavy (non-hydrogen) atoms. The van der Waals surface area contributed by atoms with Crippen LogP contribution in [0.25, 0.3) is 17.1 Å². The standard InChI is InChI=1S/C25H24FN5O3/c1-16(2)34-25-29-23(17-6-4-7-18(26)14-17)31(30-25)21-9-5-8-20(15-21)28-24(32)27-19-10-12-22(33-3)13-11-19/h4-16H,1-3H3,(H2,27,28,32). The molecule has 174 valence electrons. The van der Waals surface area contributed by atoms with Gasteiger partial charge in [-0.1, -0.05) is 18.2 Å². The van der Waals surface area contributed by atoms with Crippen molar-refractivity contribution >= 4 is 17.4 Å². The molecule has 4 aromatic rings. The van der Waals surface area contributed by atoms with E-state index in [-0.39, 0.29) is 17.9 Å². The molecule has 0 saturated heterocycles. The highest BCUT2D eigenvalue weighted by Crippen LogP contribution is 2.26. The first-order valence-corrected chi connectivity index (χ1v) is 10.6. The first-order valence-electron chi connectivity index (χ1n) is 10.6. The molecule has 9 heteroatoms. The van der Waals surface area contributed by atoms with E-state index in [1.807, 2.05) is 19.9 Å². The Hall–Kier alpha value is -4.40. The van der Waals surface area contributed by atoms with Crippen molar-refractivity contribution in [1.29, 1.82) is 0 Å². The van der Waals surface area contributed by atoms with Gasteiger partial charge in [0, 0.05) is 16.9 Å². The quantitative estimate of drug-likeness (QED) is 0.379. The Balaban J connectivity index is 1.60. The van der Waals surface area contributed by atoms with E-state index in [9.17, 15) is 9.18 Å². The van der Waals surface area contributed by atoms with E-state index >= 15 is 0 Å². The average Bonchev–Trinajstić information content (AvgIpc) is 3.23. The first kappa shape index (κ1) is 22.8. The van der Waals surface area contributed by atoms with Crippen molar-refractivity contribution in [3.63, 3.8) is 0 Å². The number of nitrogens with one attached hydrogen (secondary N) is 2. The third-order valence-electron chi connectivity index (χ3n) is 4.71. The van der Waals surface area contributed by atoms with E-state index in [0.717, 1.165) is 0 Å². The number of benzene rings is 3. The summed E-state index contributed by atoms with van der Waals surface area (Å²) in [5.41, 5.74) is 2.32. The molecule has 8 nitrogen and oxygen atoms in total. The van der Waals surface area contributed by atoms with Crippen molar-refractivity contribution in [2.24, 2.45) is 0 Å². The predicted molar refractivity (Wildman–Crippen MR) is 128 cm³/mol. The molecule has 2 N–H and O–H groups in total. The van der Waals surface area contributed by atoms with Gasteiger partial charge in [-0.25, -0.2) is 13.9 Å². The van der Waals surface area contributed by atoms with Crippen molar-refractivity contribution in [2.75, 3.05) is 17.7 Å². The van der Waals surface area contributed by atoms with E-state index < -0.39 is 6.03 Å². The molecule has 0 unspecified atom stereocenters. The molecule has 0 spiro atoms. The molecular formula is C25H24FN5O3. The summed E-state index contributed by atoms with van der Waals surface area (Å²) in [6.45, 7) is 3.74. The zero-order valence-corrected chi connectivity index (χ0v) is 18.9. The monoisotopic (exact) mass is 461 g/mol. The smallest absolute Gasteiger partial charge is 0.336 e. The van der Waals surface area contributed by atoms with Gasteiger partial charge >= 0.3 is 12.0 Å². The van der Waals surface area contributed by atoms with Gasteiger partial charge in [0.15, 0.2) is 5.82 Å². The van der Waals surface area contributed by atoms with Crippen molar-refractivity contribution in [3.05, 3.63) is 78.6 Å². The second-order valence-electron chi connectivity index (χ2n) is 7.66. The fraction of sp³-hybridized carbons (Fsp3) is 0.160. The lowest BCUT2D eigenvalue weighted by atomic mass is 10.2. The van der Waals surface area contributed by atoms with Gasteiger partial charge < -0.3 is 20.1 Å². The summed E-state index contributed by atoms with van der Waals surface area (Å²) < 4.78 is 26.2. The number of nitrogens with zero attached hydrogens (tertiary/aromatic N) is 3. The van der Waals surface area contributed by atoms with Gasteiger partial charge in [0.2, 0.25) is 0 Å². The summed E-state index contributed by atoms with van der Waals surface area (Å²) in [7, 11) is 1.58. The average molecular weight is 461 g/mol. The number of aromatic nitrogens is 3. The molecule has 0 aliphatic heterocycles. The van der Waals surface area contributed by atoms with Crippen molar-refractivity contribution in [2.45, 2.75) is 20.0 Å². The fourth-order valence-corrected chi connectivity index (χ4v) is 3.23. The summed E-state index contributed by atoms with van der Waals surface area (Å²) in [6.07, 6.45) is -0.133. The number of amides is 2. The number of anilines is 2. The number of methoxy groups -OCH3 is 1. The van der Waals surface area contributed by atoms with Crippen LogP contribution in [0.4, 0.5) is 20.6 Å². The predicted octanol–water partition coefficient (Wildman–Crippen LogP) is 5.51. The number of hydrogen-bond acceptors (Lipinski definition) is 5. The van der Waals surface area contributed by atoms with Gasteiger partial charge in [-0.3, -0.25) is 0 Å². The second kappa shape index (κ2) is 10.0. The van der Waals surface area contributed by atoms with E-state index in [1.54, 1.807) is 66.4 Å². The lowest BCUT2D eigenvalue weighted by Crippen LogP contribution is -2.19. The van der Waals surface area contributed by atoms with E-state index in [1.165, 1.54) is 12.1 Å². The third kappa shape index (κ3) is 5.50. The largest absolute Gasteiger partial charge is 0.497 e. The molecule has 0 aliphatic rings. The van der Waals surface area contributed by atoms with Crippen LogP contribution in [0.2, 0.25) is 0 Å². The summed E-state index contributed by atoms with van der Waals surface area (Å²) >= 11 is 0. The van der Waals surface area contributed by atoms with E-state index in [2.05, 4.69) is 20.7 Å². The minimum atomic E-state index is -0.407. The Labute approximate surface area is 196 Å². The molecule has 0 bridgehead atoms. The zero-order valence-electron chi connectivity index (χ0n) is 18.9.